The number of halogens is 3. The SMILES string of the molecule is CCOC(=O)C1CCCN(C(=O)c2coc(CN(Cc3cccc(C)c3)Cc3cccc(C(F)(F)F)c3)n2)C1. The summed E-state index contributed by atoms with van der Waals surface area (Å²) in [5.41, 5.74) is 1.98. The van der Waals surface area contributed by atoms with E-state index < -0.39 is 11.7 Å². The van der Waals surface area contributed by atoms with Crippen molar-refractivity contribution < 1.29 is 31.9 Å². The van der Waals surface area contributed by atoms with E-state index in [4.69, 9.17) is 9.15 Å². The lowest BCUT2D eigenvalue weighted by Crippen LogP contribution is -2.43. The standard InChI is InChI=1S/C29H32F3N3O4/c1-3-38-28(37)23-10-6-12-35(17-23)27(36)25-19-39-26(33-25)18-34(15-21-8-4-7-20(2)13-21)16-22-9-5-11-24(14-22)29(30,31)32/h4-5,7-9,11,13-14,19,23H,3,6,10,12,15-18H2,1-2H3. The van der Waals surface area contributed by atoms with Gasteiger partial charge in [0, 0.05) is 26.2 Å². The van der Waals surface area contributed by atoms with Gasteiger partial charge in [-0.25, -0.2) is 4.98 Å². The van der Waals surface area contributed by atoms with Gasteiger partial charge in [-0.15, -0.1) is 0 Å². The van der Waals surface area contributed by atoms with Crippen molar-refractivity contribution >= 4 is 11.9 Å². The molecule has 1 aromatic heterocycles. The van der Waals surface area contributed by atoms with Gasteiger partial charge in [-0.1, -0.05) is 48.0 Å². The van der Waals surface area contributed by atoms with Crippen LogP contribution in [0, 0.1) is 12.8 Å². The Kier molecular flexibility index (Phi) is 9.06. The number of benzene rings is 2. The Hall–Kier alpha value is -3.66. The number of amides is 1. The van der Waals surface area contributed by atoms with Crippen LogP contribution in [0.4, 0.5) is 13.2 Å². The first-order chi connectivity index (χ1) is 18.6. The summed E-state index contributed by atoms with van der Waals surface area (Å²) in [6, 6.07) is 13.1. The van der Waals surface area contributed by atoms with E-state index in [-0.39, 0.29) is 55.6 Å². The van der Waals surface area contributed by atoms with Crippen LogP contribution in [-0.4, -0.2) is 46.4 Å². The number of hydrogen-bond acceptors (Lipinski definition) is 6. The van der Waals surface area contributed by atoms with Gasteiger partial charge in [0.15, 0.2) is 5.69 Å². The highest BCUT2D eigenvalue weighted by Crippen LogP contribution is 2.30. The molecule has 0 N–H and O–H groups in total. The van der Waals surface area contributed by atoms with Gasteiger partial charge in [0.05, 0.1) is 24.6 Å². The van der Waals surface area contributed by atoms with Crippen LogP contribution in [0.25, 0.3) is 0 Å². The van der Waals surface area contributed by atoms with Crippen LogP contribution in [0.15, 0.2) is 59.2 Å². The molecular formula is C29H32F3N3O4. The molecule has 2 heterocycles. The molecule has 0 bridgehead atoms. The van der Waals surface area contributed by atoms with E-state index in [0.717, 1.165) is 23.3 Å². The van der Waals surface area contributed by atoms with Crippen molar-refractivity contribution in [3.05, 3.63) is 88.6 Å². The molecule has 4 rings (SSSR count). The van der Waals surface area contributed by atoms with Gasteiger partial charge in [-0.2, -0.15) is 13.2 Å². The molecule has 3 aromatic rings. The van der Waals surface area contributed by atoms with Crippen molar-refractivity contribution in [3.63, 3.8) is 0 Å². The zero-order chi connectivity index (χ0) is 28.0. The molecule has 39 heavy (non-hydrogen) atoms. The van der Waals surface area contributed by atoms with Crippen LogP contribution in [0.3, 0.4) is 0 Å². The van der Waals surface area contributed by atoms with Crippen molar-refractivity contribution in [2.75, 3.05) is 19.7 Å². The van der Waals surface area contributed by atoms with Gasteiger partial charge in [0.2, 0.25) is 5.89 Å². The monoisotopic (exact) mass is 543 g/mol. The number of esters is 1. The van der Waals surface area contributed by atoms with E-state index in [1.54, 1.807) is 17.9 Å². The van der Waals surface area contributed by atoms with Crippen LogP contribution in [-0.2, 0) is 35.3 Å². The Bertz CT molecular complexity index is 1290. The third-order valence-corrected chi connectivity index (χ3v) is 6.61. The Balaban J connectivity index is 1.49. The fourth-order valence-corrected chi connectivity index (χ4v) is 4.79. The molecule has 0 radical (unpaired) electrons. The number of carbonyl (C=O) groups is 2. The van der Waals surface area contributed by atoms with E-state index >= 15 is 0 Å². The van der Waals surface area contributed by atoms with Gasteiger partial charge in [-0.05, 0) is 43.9 Å². The number of nitrogens with zero attached hydrogens (tertiary/aromatic N) is 3. The molecule has 2 aromatic carbocycles. The van der Waals surface area contributed by atoms with Crippen molar-refractivity contribution in [3.8, 4) is 0 Å². The Labute approximate surface area is 225 Å². The number of likely N-dealkylation sites (tertiary alicyclic amines) is 1. The lowest BCUT2D eigenvalue weighted by atomic mass is 9.98. The minimum absolute atomic E-state index is 0.129. The zero-order valence-corrected chi connectivity index (χ0v) is 22.0. The van der Waals surface area contributed by atoms with Crippen LogP contribution in [0.2, 0.25) is 0 Å². The van der Waals surface area contributed by atoms with Crippen molar-refractivity contribution in [1.82, 2.24) is 14.8 Å². The largest absolute Gasteiger partial charge is 0.466 e. The van der Waals surface area contributed by atoms with E-state index in [9.17, 15) is 22.8 Å². The molecule has 1 aliphatic heterocycles. The molecule has 7 nitrogen and oxygen atoms in total. The highest BCUT2D eigenvalue weighted by Gasteiger charge is 2.32. The number of rotatable bonds is 9. The van der Waals surface area contributed by atoms with Gasteiger partial charge in [-0.3, -0.25) is 14.5 Å². The van der Waals surface area contributed by atoms with E-state index in [1.165, 1.54) is 12.3 Å². The third kappa shape index (κ3) is 7.69. The first-order valence-corrected chi connectivity index (χ1v) is 13.0. The summed E-state index contributed by atoms with van der Waals surface area (Å²) in [4.78, 5) is 33.2. The van der Waals surface area contributed by atoms with E-state index in [0.29, 0.717) is 31.5 Å². The Morgan fingerprint density at radius 3 is 2.51 bits per heavy atom. The lowest BCUT2D eigenvalue weighted by molar-refractivity contribution is -0.149. The summed E-state index contributed by atoms with van der Waals surface area (Å²) in [7, 11) is 0. The second-order valence-electron chi connectivity index (χ2n) is 9.80. The molecule has 0 spiro atoms. The van der Waals surface area contributed by atoms with Gasteiger partial charge in [0.1, 0.15) is 6.26 Å². The molecule has 1 unspecified atom stereocenters. The number of ether oxygens (including phenoxy) is 1. The average Bonchev–Trinajstić information content (AvgIpc) is 3.36. The zero-order valence-electron chi connectivity index (χ0n) is 22.0. The third-order valence-electron chi connectivity index (χ3n) is 6.61. The predicted octanol–water partition coefficient (Wildman–Crippen LogP) is 5.62. The van der Waals surface area contributed by atoms with E-state index in [2.05, 4.69) is 4.98 Å². The number of oxazole rings is 1. The highest BCUT2D eigenvalue weighted by molar-refractivity contribution is 5.92. The van der Waals surface area contributed by atoms with Crippen LogP contribution in [0.5, 0.6) is 0 Å². The van der Waals surface area contributed by atoms with Gasteiger partial charge in [0.25, 0.3) is 5.91 Å². The van der Waals surface area contributed by atoms with E-state index in [1.807, 2.05) is 36.1 Å². The van der Waals surface area contributed by atoms with Crippen LogP contribution < -0.4 is 0 Å². The topological polar surface area (TPSA) is 75.9 Å². The number of piperidine rings is 1. The molecule has 208 valence electrons. The smallest absolute Gasteiger partial charge is 0.416 e. The Morgan fingerprint density at radius 1 is 1.10 bits per heavy atom. The molecule has 1 saturated heterocycles. The van der Waals surface area contributed by atoms with Crippen LogP contribution in [0.1, 0.15) is 58.4 Å². The van der Waals surface area contributed by atoms with Gasteiger partial charge >= 0.3 is 12.1 Å². The summed E-state index contributed by atoms with van der Waals surface area (Å²) in [5, 5.41) is 0. The summed E-state index contributed by atoms with van der Waals surface area (Å²) < 4.78 is 50.6. The number of aryl methyl sites for hydroxylation is 1. The second-order valence-corrected chi connectivity index (χ2v) is 9.80. The second kappa shape index (κ2) is 12.5. The van der Waals surface area contributed by atoms with Gasteiger partial charge < -0.3 is 14.1 Å². The maximum atomic E-state index is 13.3. The normalized spacial score (nSPS) is 15.9. The molecule has 10 heteroatoms. The fourth-order valence-electron chi connectivity index (χ4n) is 4.79. The summed E-state index contributed by atoms with van der Waals surface area (Å²) in [6.45, 7) is 5.61. The summed E-state index contributed by atoms with van der Waals surface area (Å²) in [5.74, 6) is -0.734. The fraction of sp³-hybridized carbons (Fsp3) is 0.414. The first-order valence-electron chi connectivity index (χ1n) is 13.0. The quantitative estimate of drug-likeness (QED) is 0.326. The minimum atomic E-state index is -4.43. The van der Waals surface area contributed by atoms with Crippen LogP contribution >= 0.6 is 0 Å². The predicted molar refractivity (Wildman–Crippen MR) is 137 cm³/mol. The maximum absolute atomic E-state index is 13.3. The van der Waals surface area contributed by atoms with Crippen molar-refractivity contribution in [1.29, 1.82) is 0 Å². The summed E-state index contributed by atoms with van der Waals surface area (Å²) in [6.07, 6.45) is -1.80. The maximum Gasteiger partial charge on any atom is 0.416 e. The van der Waals surface area contributed by atoms with Crippen molar-refractivity contribution in [2.24, 2.45) is 5.92 Å². The molecule has 1 atom stereocenters. The molecule has 1 amide bonds. The average molecular weight is 544 g/mol. The molecule has 1 fully saturated rings. The molecule has 0 saturated carbocycles. The highest BCUT2D eigenvalue weighted by atomic mass is 19.4. The van der Waals surface area contributed by atoms with Crippen molar-refractivity contribution in [2.45, 2.75) is 52.5 Å². The lowest BCUT2D eigenvalue weighted by Gasteiger charge is -2.30. The molecule has 1 aliphatic rings. The molecular weight excluding hydrogens is 511 g/mol. The minimum Gasteiger partial charge on any atom is -0.466 e. The number of hydrogen-bond donors (Lipinski definition) is 0. The number of alkyl halides is 3. The first kappa shape index (κ1) is 28.4. The Morgan fingerprint density at radius 2 is 1.82 bits per heavy atom. The molecule has 0 aliphatic carbocycles. The number of carbonyl (C=O) groups excluding carboxylic acids is 2. The number of aromatic nitrogens is 1. The summed E-state index contributed by atoms with van der Waals surface area (Å²) >= 11 is 0.